The lowest BCUT2D eigenvalue weighted by atomic mass is 10.2. The maximum atomic E-state index is 12.5. The molecule has 1 heterocycles. The van der Waals surface area contributed by atoms with Gasteiger partial charge in [0.2, 0.25) is 27.6 Å². The first-order valence-electron chi connectivity index (χ1n) is 8.33. The molecule has 8 nitrogen and oxygen atoms in total. The van der Waals surface area contributed by atoms with E-state index in [4.69, 9.17) is 27.7 Å². The topological polar surface area (TPSA) is 105 Å². The summed E-state index contributed by atoms with van der Waals surface area (Å²) in [5, 5.41) is 7.40. The van der Waals surface area contributed by atoms with Gasteiger partial charge in [-0.1, -0.05) is 28.4 Å². The van der Waals surface area contributed by atoms with Crippen molar-refractivity contribution in [2.24, 2.45) is 0 Å². The highest BCUT2D eigenvalue weighted by molar-refractivity contribution is 7.89. The van der Waals surface area contributed by atoms with E-state index in [9.17, 15) is 13.2 Å². The molecule has 1 amide bonds. The summed E-state index contributed by atoms with van der Waals surface area (Å²) >= 11 is 11.6. The standard InChI is InChI=1S/C18H16Cl2N4O4S/c1-24(29(26,27)15-8-6-14(20)7-9-15)11-16(25)21-10-17-22-18(23-28-17)12-2-4-13(19)5-3-12/h2-9H,10-11H2,1H3,(H,21,25). The highest BCUT2D eigenvalue weighted by atomic mass is 35.5. The molecule has 0 aliphatic heterocycles. The minimum Gasteiger partial charge on any atom is -0.346 e. The van der Waals surface area contributed by atoms with Crippen molar-refractivity contribution in [3.63, 3.8) is 0 Å². The van der Waals surface area contributed by atoms with Gasteiger partial charge in [0.15, 0.2) is 0 Å². The summed E-state index contributed by atoms with van der Waals surface area (Å²) in [6.45, 7) is -0.405. The average molecular weight is 455 g/mol. The third-order valence-electron chi connectivity index (χ3n) is 3.90. The number of nitrogens with zero attached hydrogens (tertiary/aromatic N) is 3. The number of benzene rings is 2. The maximum absolute atomic E-state index is 12.5. The number of aromatic nitrogens is 2. The first-order chi connectivity index (χ1) is 13.8. The predicted octanol–water partition coefficient (Wildman–Crippen LogP) is 2.98. The maximum Gasteiger partial charge on any atom is 0.246 e. The SMILES string of the molecule is CN(CC(=O)NCc1nc(-c2ccc(Cl)cc2)no1)S(=O)(=O)c1ccc(Cl)cc1. The van der Waals surface area contributed by atoms with Crippen molar-refractivity contribution in [1.82, 2.24) is 19.8 Å². The molecule has 29 heavy (non-hydrogen) atoms. The van der Waals surface area contributed by atoms with Gasteiger partial charge in [-0.15, -0.1) is 0 Å². The lowest BCUT2D eigenvalue weighted by molar-refractivity contribution is -0.121. The Balaban J connectivity index is 1.57. The normalized spacial score (nSPS) is 11.6. The van der Waals surface area contributed by atoms with Crippen LogP contribution in [0.3, 0.4) is 0 Å². The predicted molar refractivity (Wildman–Crippen MR) is 108 cm³/mol. The van der Waals surface area contributed by atoms with Crippen LogP contribution in [0.2, 0.25) is 10.0 Å². The van der Waals surface area contributed by atoms with Crippen LogP contribution < -0.4 is 5.32 Å². The summed E-state index contributed by atoms with van der Waals surface area (Å²) in [6, 6.07) is 12.6. The first-order valence-corrected chi connectivity index (χ1v) is 10.5. The number of likely N-dealkylation sites (N-methyl/N-ethyl adjacent to an activating group) is 1. The number of hydrogen-bond donors (Lipinski definition) is 1. The van der Waals surface area contributed by atoms with E-state index in [1.165, 1.54) is 31.3 Å². The minimum absolute atomic E-state index is 0.0335. The van der Waals surface area contributed by atoms with Crippen LogP contribution in [-0.4, -0.2) is 42.4 Å². The molecule has 0 fully saturated rings. The van der Waals surface area contributed by atoms with Crippen molar-refractivity contribution in [1.29, 1.82) is 0 Å². The third-order valence-corrected chi connectivity index (χ3v) is 6.22. The highest BCUT2D eigenvalue weighted by Gasteiger charge is 2.23. The van der Waals surface area contributed by atoms with E-state index in [0.717, 1.165) is 4.31 Å². The monoisotopic (exact) mass is 454 g/mol. The number of carbonyl (C=O) groups excluding carboxylic acids is 1. The Morgan fingerprint density at radius 1 is 1.07 bits per heavy atom. The summed E-state index contributed by atoms with van der Waals surface area (Å²) in [5.74, 6) is 0.0242. The fourth-order valence-electron chi connectivity index (χ4n) is 2.35. The van der Waals surface area contributed by atoms with Gasteiger partial charge in [-0.2, -0.15) is 9.29 Å². The molecule has 0 spiro atoms. The minimum atomic E-state index is -3.82. The molecular weight excluding hydrogens is 439 g/mol. The molecule has 3 aromatic rings. The van der Waals surface area contributed by atoms with E-state index in [1.54, 1.807) is 24.3 Å². The van der Waals surface area contributed by atoms with Gasteiger partial charge in [-0.3, -0.25) is 4.79 Å². The number of carbonyl (C=O) groups is 1. The summed E-state index contributed by atoms with van der Waals surface area (Å²) in [7, 11) is -2.50. The molecule has 1 N–H and O–H groups in total. The largest absolute Gasteiger partial charge is 0.346 e. The summed E-state index contributed by atoms with van der Waals surface area (Å²) in [4.78, 5) is 16.4. The van der Waals surface area contributed by atoms with Crippen LogP contribution in [0.25, 0.3) is 11.4 Å². The number of nitrogens with one attached hydrogen (secondary N) is 1. The second kappa shape index (κ2) is 8.91. The Bertz CT molecular complexity index is 1100. The fourth-order valence-corrected chi connectivity index (χ4v) is 3.73. The second-order valence-corrected chi connectivity index (χ2v) is 8.93. The Kier molecular flexibility index (Phi) is 6.53. The van der Waals surface area contributed by atoms with Gasteiger partial charge in [0.1, 0.15) is 0 Å². The molecule has 0 radical (unpaired) electrons. The number of halogens is 2. The van der Waals surface area contributed by atoms with Crippen LogP contribution in [-0.2, 0) is 21.4 Å². The number of sulfonamides is 1. The molecule has 0 aliphatic carbocycles. The van der Waals surface area contributed by atoms with Crippen molar-refractivity contribution in [2.75, 3.05) is 13.6 Å². The quantitative estimate of drug-likeness (QED) is 0.587. The van der Waals surface area contributed by atoms with Crippen molar-refractivity contribution >= 4 is 39.1 Å². The van der Waals surface area contributed by atoms with Crippen molar-refractivity contribution in [2.45, 2.75) is 11.4 Å². The van der Waals surface area contributed by atoms with Crippen LogP contribution in [0, 0.1) is 0 Å². The summed E-state index contributed by atoms with van der Waals surface area (Å²) < 4.78 is 31.0. The zero-order valence-electron chi connectivity index (χ0n) is 15.2. The van der Waals surface area contributed by atoms with E-state index >= 15 is 0 Å². The molecular formula is C18H16Cl2N4O4S. The molecule has 0 saturated carbocycles. The Hall–Kier alpha value is -2.46. The van der Waals surface area contributed by atoms with Crippen LogP contribution >= 0.6 is 23.2 Å². The van der Waals surface area contributed by atoms with E-state index in [1.807, 2.05) is 0 Å². The molecule has 0 saturated heterocycles. The van der Waals surface area contributed by atoms with Crippen LogP contribution in [0.1, 0.15) is 5.89 Å². The second-order valence-electron chi connectivity index (χ2n) is 6.01. The lowest BCUT2D eigenvalue weighted by Crippen LogP contribution is -2.38. The Morgan fingerprint density at radius 3 is 2.28 bits per heavy atom. The summed E-state index contributed by atoms with van der Waals surface area (Å²) in [5.41, 5.74) is 0.713. The van der Waals surface area contributed by atoms with E-state index in [0.29, 0.717) is 21.4 Å². The van der Waals surface area contributed by atoms with Gasteiger partial charge in [0.25, 0.3) is 0 Å². The molecule has 0 bridgehead atoms. The number of amides is 1. The first kappa shape index (κ1) is 21.3. The van der Waals surface area contributed by atoms with Gasteiger partial charge < -0.3 is 9.84 Å². The van der Waals surface area contributed by atoms with E-state index in [2.05, 4.69) is 15.5 Å². The summed E-state index contributed by atoms with van der Waals surface area (Å²) in [6.07, 6.45) is 0. The van der Waals surface area contributed by atoms with Crippen LogP contribution in [0.15, 0.2) is 57.9 Å². The van der Waals surface area contributed by atoms with Gasteiger partial charge in [0.05, 0.1) is 18.0 Å². The van der Waals surface area contributed by atoms with Crippen molar-refractivity contribution in [3.8, 4) is 11.4 Å². The van der Waals surface area contributed by atoms with Crippen LogP contribution in [0.4, 0.5) is 0 Å². The molecule has 152 valence electrons. The van der Waals surface area contributed by atoms with Crippen molar-refractivity contribution < 1.29 is 17.7 Å². The molecule has 11 heteroatoms. The van der Waals surface area contributed by atoms with Gasteiger partial charge in [-0.25, -0.2) is 8.42 Å². The third kappa shape index (κ3) is 5.33. The number of rotatable bonds is 7. The van der Waals surface area contributed by atoms with Crippen molar-refractivity contribution in [3.05, 3.63) is 64.5 Å². The zero-order chi connectivity index (χ0) is 21.0. The smallest absolute Gasteiger partial charge is 0.246 e. The Morgan fingerprint density at radius 2 is 1.66 bits per heavy atom. The van der Waals surface area contributed by atoms with E-state index < -0.39 is 15.9 Å². The molecule has 0 aliphatic rings. The molecule has 3 rings (SSSR count). The molecule has 0 atom stereocenters. The molecule has 0 unspecified atom stereocenters. The van der Waals surface area contributed by atoms with E-state index in [-0.39, 0.29) is 23.9 Å². The average Bonchev–Trinajstić information content (AvgIpc) is 3.16. The Labute approximate surface area is 177 Å². The van der Waals surface area contributed by atoms with Crippen LogP contribution in [0.5, 0.6) is 0 Å². The van der Waals surface area contributed by atoms with Gasteiger partial charge in [-0.05, 0) is 48.5 Å². The molecule has 1 aromatic heterocycles. The lowest BCUT2D eigenvalue weighted by Gasteiger charge is -2.16. The number of hydrogen-bond acceptors (Lipinski definition) is 6. The molecule has 2 aromatic carbocycles. The highest BCUT2D eigenvalue weighted by Crippen LogP contribution is 2.19. The van der Waals surface area contributed by atoms with Gasteiger partial charge >= 0.3 is 0 Å². The fraction of sp³-hybridized carbons (Fsp3) is 0.167. The zero-order valence-corrected chi connectivity index (χ0v) is 17.5. The van der Waals surface area contributed by atoms with Gasteiger partial charge in [0, 0.05) is 22.7 Å².